The van der Waals surface area contributed by atoms with E-state index in [-0.39, 0.29) is 17.4 Å². The van der Waals surface area contributed by atoms with E-state index >= 15 is 0 Å². The van der Waals surface area contributed by atoms with E-state index in [2.05, 4.69) is 30.7 Å². The van der Waals surface area contributed by atoms with E-state index in [0.29, 0.717) is 18.8 Å². The molecule has 0 aliphatic carbocycles. The highest BCUT2D eigenvalue weighted by Crippen LogP contribution is 2.23. The molecule has 1 aliphatic rings. The van der Waals surface area contributed by atoms with Crippen LogP contribution in [-0.2, 0) is 4.79 Å². The molecule has 0 N–H and O–H groups in total. The molecule has 0 radical (unpaired) electrons. The molecule has 2 rings (SSSR count). The van der Waals surface area contributed by atoms with Crippen LogP contribution in [0.1, 0.15) is 33.6 Å². The predicted molar refractivity (Wildman–Crippen MR) is 71.7 cm³/mol. The van der Waals surface area contributed by atoms with Gasteiger partial charge in [0.05, 0.1) is 6.54 Å². The van der Waals surface area contributed by atoms with E-state index in [1.165, 1.54) is 6.33 Å². The van der Waals surface area contributed by atoms with Crippen molar-refractivity contribution < 1.29 is 9.53 Å². The highest BCUT2D eigenvalue weighted by Gasteiger charge is 2.29. The van der Waals surface area contributed by atoms with Crippen LogP contribution in [0.5, 0.6) is 5.88 Å². The topological polar surface area (TPSA) is 55.3 Å². The smallest absolute Gasteiger partial charge is 0.223 e. The van der Waals surface area contributed by atoms with Crippen LogP contribution < -0.4 is 4.74 Å². The summed E-state index contributed by atoms with van der Waals surface area (Å²) in [5.74, 6) is 0.784. The Bertz CT molecular complexity index is 428. The first kappa shape index (κ1) is 13.8. The van der Waals surface area contributed by atoms with Crippen LogP contribution in [-0.4, -0.2) is 40.0 Å². The largest absolute Gasteiger partial charge is 0.472 e. The second kappa shape index (κ2) is 5.55. The third kappa shape index (κ3) is 4.19. The maximum Gasteiger partial charge on any atom is 0.223 e. The standard InChI is InChI=1S/C14H21N3O2/c1-14(2,3)8-13(18)17-7-5-11(9-17)19-12-4-6-15-10-16-12/h4,6,10-11H,5,7-9H2,1-3H3/t11-/m1/s1. The van der Waals surface area contributed by atoms with Gasteiger partial charge in [-0.1, -0.05) is 20.8 Å². The number of amides is 1. The summed E-state index contributed by atoms with van der Waals surface area (Å²) in [6, 6.07) is 1.74. The molecule has 0 bridgehead atoms. The fourth-order valence-electron chi connectivity index (χ4n) is 2.14. The van der Waals surface area contributed by atoms with Gasteiger partial charge >= 0.3 is 0 Å². The predicted octanol–water partition coefficient (Wildman–Crippen LogP) is 1.89. The molecule has 104 valence electrons. The number of rotatable bonds is 3. The Kier molecular flexibility index (Phi) is 4.02. The van der Waals surface area contributed by atoms with Crippen molar-refractivity contribution >= 4 is 5.91 Å². The fourth-order valence-corrected chi connectivity index (χ4v) is 2.14. The Hall–Kier alpha value is -1.65. The molecule has 1 atom stereocenters. The van der Waals surface area contributed by atoms with Gasteiger partial charge in [-0.3, -0.25) is 4.79 Å². The molecule has 0 spiro atoms. The Morgan fingerprint density at radius 1 is 1.53 bits per heavy atom. The number of ether oxygens (including phenoxy) is 1. The van der Waals surface area contributed by atoms with Crippen LogP contribution in [0.4, 0.5) is 0 Å². The summed E-state index contributed by atoms with van der Waals surface area (Å²) >= 11 is 0. The second-order valence-corrected chi connectivity index (χ2v) is 6.15. The van der Waals surface area contributed by atoms with Gasteiger partial charge in [0.1, 0.15) is 12.4 Å². The highest BCUT2D eigenvalue weighted by atomic mass is 16.5. The number of likely N-dealkylation sites (tertiary alicyclic amines) is 1. The van der Waals surface area contributed by atoms with E-state index in [1.807, 2.05) is 4.90 Å². The fraction of sp³-hybridized carbons (Fsp3) is 0.643. The molecular weight excluding hydrogens is 242 g/mol. The Morgan fingerprint density at radius 2 is 2.32 bits per heavy atom. The van der Waals surface area contributed by atoms with Gasteiger partial charge in [-0.05, 0) is 5.41 Å². The van der Waals surface area contributed by atoms with Crippen LogP contribution in [0.15, 0.2) is 18.6 Å². The van der Waals surface area contributed by atoms with E-state index in [1.54, 1.807) is 12.3 Å². The van der Waals surface area contributed by atoms with Crippen molar-refractivity contribution in [3.8, 4) is 5.88 Å². The molecule has 19 heavy (non-hydrogen) atoms. The molecule has 1 aliphatic heterocycles. The highest BCUT2D eigenvalue weighted by molar-refractivity contribution is 5.77. The first-order valence-electron chi connectivity index (χ1n) is 6.64. The molecule has 1 saturated heterocycles. The van der Waals surface area contributed by atoms with Gasteiger partial charge in [0.15, 0.2) is 0 Å². The molecular formula is C14H21N3O2. The number of hydrogen-bond acceptors (Lipinski definition) is 4. The Balaban J connectivity index is 1.85. The van der Waals surface area contributed by atoms with E-state index < -0.39 is 0 Å². The maximum absolute atomic E-state index is 12.1. The maximum atomic E-state index is 12.1. The summed E-state index contributed by atoms with van der Waals surface area (Å²) in [4.78, 5) is 21.9. The average molecular weight is 263 g/mol. The molecule has 5 nitrogen and oxygen atoms in total. The first-order chi connectivity index (χ1) is 8.94. The second-order valence-electron chi connectivity index (χ2n) is 6.15. The average Bonchev–Trinajstić information content (AvgIpc) is 2.77. The number of hydrogen-bond donors (Lipinski definition) is 0. The third-order valence-corrected chi connectivity index (χ3v) is 3.02. The van der Waals surface area contributed by atoms with E-state index in [9.17, 15) is 4.79 Å². The van der Waals surface area contributed by atoms with Gasteiger partial charge in [-0.15, -0.1) is 0 Å². The normalized spacial score (nSPS) is 19.5. The van der Waals surface area contributed by atoms with Gasteiger partial charge in [0.2, 0.25) is 11.8 Å². The molecule has 1 aromatic heterocycles. The molecule has 0 saturated carbocycles. The zero-order chi connectivity index (χ0) is 13.9. The minimum Gasteiger partial charge on any atom is -0.472 e. The quantitative estimate of drug-likeness (QED) is 0.835. The lowest BCUT2D eigenvalue weighted by atomic mass is 9.92. The van der Waals surface area contributed by atoms with Crippen molar-refractivity contribution in [2.45, 2.75) is 39.7 Å². The molecule has 0 unspecified atom stereocenters. The molecule has 1 fully saturated rings. The lowest BCUT2D eigenvalue weighted by Crippen LogP contribution is -2.33. The van der Waals surface area contributed by atoms with Gasteiger partial charge in [0, 0.05) is 31.6 Å². The minimum atomic E-state index is 0.0304. The zero-order valence-electron chi connectivity index (χ0n) is 11.8. The number of aromatic nitrogens is 2. The van der Waals surface area contributed by atoms with Crippen molar-refractivity contribution in [3.63, 3.8) is 0 Å². The van der Waals surface area contributed by atoms with Gasteiger partial charge in [0.25, 0.3) is 0 Å². The van der Waals surface area contributed by atoms with Crippen LogP contribution in [0.2, 0.25) is 0 Å². The lowest BCUT2D eigenvalue weighted by Gasteiger charge is -2.22. The Morgan fingerprint density at radius 3 is 2.95 bits per heavy atom. The number of carbonyl (C=O) groups is 1. The summed E-state index contributed by atoms with van der Waals surface area (Å²) < 4.78 is 5.74. The van der Waals surface area contributed by atoms with Crippen LogP contribution in [0, 0.1) is 5.41 Å². The zero-order valence-corrected chi connectivity index (χ0v) is 11.8. The summed E-state index contributed by atoms with van der Waals surface area (Å²) in [5, 5.41) is 0. The van der Waals surface area contributed by atoms with Crippen molar-refractivity contribution in [2.24, 2.45) is 5.41 Å². The van der Waals surface area contributed by atoms with Gasteiger partial charge in [-0.25, -0.2) is 9.97 Å². The summed E-state index contributed by atoms with van der Waals surface area (Å²) in [7, 11) is 0. The van der Waals surface area contributed by atoms with Gasteiger partial charge in [-0.2, -0.15) is 0 Å². The minimum absolute atomic E-state index is 0.0304. The van der Waals surface area contributed by atoms with E-state index in [4.69, 9.17) is 4.74 Å². The molecule has 0 aromatic carbocycles. The number of carbonyl (C=O) groups excluding carboxylic acids is 1. The first-order valence-corrected chi connectivity index (χ1v) is 6.64. The lowest BCUT2D eigenvalue weighted by molar-refractivity contribution is -0.132. The summed E-state index contributed by atoms with van der Waals surface area (Å²) in [5.41, 5.74) is 0.0304. The van der Waals surface area contributed by atoms with E-state index in [0.717, 1.165) is 13.0 Å². The SMILES string of the molecule is CC(C)(C)CC(=O)N1CC[C@@H](Oc2ccncn2)C1. The van der Waals surface area contributed by atoms with Crippen LogP contribution >= 0.6 is 0 Å². The molecule has 5 heteroatoms. The molecule has 2 heterocycles. The monoisotopic (exact) mass is 263 g/mol. The summed E-state index contributed by atoms with van der Waals surface area (Å²) in [6.45, 7) is 7.66. The van der Waals surface area contributed by atoms with Crippen LogP contribution in [0.3, 0.4) is 0 Å². The summed E-state index contributed by atoms with van der Waals surface area (Å²) in [6.07, 6.45) is 4.60. The van der Waals surface area contributed by atoms with Crippen LogP contribution in [0.25, 0.3) is 0 Å². The van der Waals surface area contributed by atoms with Crippen molar-refractivity contribution in [1.82, 2.24) is 14.9 Å². The van der Waals surface area contributed by atoms with Crippen molar-refractivity contribution in [2.75, 3.05) is 13.1 Å². The molecule has 1 aromatic rings. The third-order valence-electron chi connectivity index (χ3n) is 3.02. The van der Waals surface area contributed by atoms with Crippen molar-refractivity contribution in [1.29, 1.82) is 0 Å². The molecule has 1 amide bonds. The number of nitrogens with zero attached hydrogens (tertiary/aromatic N) is 3. The van der Waals surface area contributed by atoms with Crippen molar-refractivity contribution in [3.05, 3.63) is 18.6 Å². The van der Waals surface area contributed by atoms with Gasteiger partial charge < -0.3 is 9.64 Å². The Labute approximate surface area is 114 Å².